The molecule has 0 aliphatic carbocycles. The van der Waals surface area contributed by atoms with Gasteiger partial charge in [-0.3, -0.25) is 0 Å². The molecule has 0 spiro atoms. The van der Waals surface area contributed by atoms with Gasteiger partial charge in [0.2, 0.25) is 0 Å². The molecule has 1 rings (SSSR count). The van der Waals surface area contributed by atoms with Crippen molar-refractivity contribution in [3.8, 4) is 12.3 Å². The van der Waals surface area contributed by atoms with Crippen molar-refractivity contribution in [1.29, 1.82) is 0 Å². The highest BCUT2D eigenvalue weighted by Crippen LogP contribution is 2.05. The van der Waals surface area contributed by atoms with Gasteiger partial charge in [0.15, 0.2) is 0 Å². The SMILES string of the molecule is C#CCCNC(C)CCc1ccco1. The first-order valence-electron chi connectivity index (χ1n) is 5.02. The number of terminal acetylenes is 1. The minimum Gasteiger partial charge on any atom is -0.469 e. The van der Waals surface area contributed by atoms with E-state index in [1.165, 1.54) is 0 Å². The summed E-state index contributed by atoms with van der Waals surface area (Å²) in [7, 11) is 0. The second-order valence-corrected chi connectivity index (χ2v) is 3.43. The summed E-state index contributed by atoms with van der Waals surface area (Å²) in [4.78, 5) is 0. The first-order chi connectivity index (χ1) is 6.83. The van der Waals surface area contributed by atoms with Gasteiger partial charge < -0.3 is 9.73 Å². The number of nitrogens with one attached hydrogen (secondary N) is 1. The Morgan fingerprint density at radius 1 is 1.64 bits per heavy atom. The van der Waals surface area contributed by atoms with E-state index in [1.807, 2.05) is 12.1 Å². The lowest BCUT2D eigenvalue weighted by molar-refractivity contribution is 0.463. The van der Waals surface area contributed by atoms with Crippen LogP contribution in [0, 0.1) is 12.3 Å². The van der Waals surface area contributed by atoms with Gasteiger partial charge in [-0.1, -0.05) is 0 Å². The van der Waals surface area contributed by atoms with Crippen molar-refractivity contribution in [2.75, 3.05) is 6.54 Å². The average molecular weight is 191 g/mol. The number of hydrogen-bond donors (Lipinski definition) is 1. The topological polar surface area (TPSA) is 25.2 Å². The summed E-state index contributed by atoms with van der Waals surface area (Å²) in [5.41, 5.74) is 0. The average Bonchev–Trinajstić information content (AvgIpc) is 2.68. The quantitative estimate of drug-likeness (QED) is 0.551. The fourth-order valence-electron chi connectivity index (χ4n) is 1.31. The normalized spacial score (nSPS) is 12.3. The third-order valence-corrected chi connectivity index (χ3v) is 2.17. The van der Waals surface area contributed by atoms with Crippen LogP contribution in [-0.4, -0.2) is 12.6 Å². The summed E-state index contributed by atoms with van der Waals surface area (Å²) in [5, 5.41) is 3.36. The molecule has 0 bridgehead atoms. The minimum atomic E-state index is 0.494. The van der Waals surface area contributed by atoms with Crippen molar-refractivity contribution < 1.29 is 4.42 Å². The maximum Gasteiger partial charge on any atom is 0.103 e. The Hall–Kier alpha value is -1.20. The molecule has 1 aromatic heterocycles. The molecule has 0 aromatic carbocycles. The molecule has 1 heterocycles. The van der Waals surface area contributed by atoms with Crippen LogP contribution in [0.3, 0.4) is 0 Å². The summed E-state index contributed by atoms with van der Waals surface area (Å²) in [6.45, 7) is 3.06. The summed E-state index contributed by atoms with van der Waals surface area (Å²) < 4.78 is 5.25. The Morgan fingerprint density at radius 3 is 3.14 bits per heavy atom. The predicted octanol–water partition coefficient (Wildman–Crippen LogP) is 2.21. The highest BCUT2D eigenvalue weighted by atomic mass is 16.3. The molecule has 0 fully saturated rings. The third-order valence-electron chi connectivity index (χ3n) is 2.17. The van der Waals surface area contributed by atoms with E-state index < -0.39 is 0 Å². The smallest absolute Gasteiger partial charge is 0.103 e. The van der Waals surface area contributed by atoms with Gasteiger partial charge in [0.1, 0.15) is 5.76 Å². The molecule has 0 saturated heterocycles. The molecule has 1 N–H and O–H groups in total. The monoisotopic (exact) mass is 191 g/mol. The molecule has 0 saturated carbocycles. The molecule has 0 amide bonds. The van der Waals surface area contributed by atoms with Gasteiger partial charge in [0.25, 0.3) is 0 Å². The zero-order chi connectivity index (χ0) is 10.2. The molecule has 76 valence electrons. The fourth-order valence-corrected chi connectivity index (χ4v) is 1.31. The number of hydrogen-bond acceptors (Lipinski definition) is 2. The molecule has 1 atom stereocenters. The summed E-state index contributed by atoms with van der Waals surface area (Å²) in [5.74, 6) is 3.66. The number of aryl methyl sites for hydroxylation is 1. The standard InChI is InChI=1S/C12H17NO/c1-3-4-9-13-11(2)7-8-12-6-5-10-14-12/h1,5-6,10-11,13H,4,7-9H2,2H3. The minimum absolute atomic E-state index is 0.494. The number of rotatable bonds is 6. The number of furan rings is 1. The summed E-state index contributed by atoms with van der Waals surface area (Å²) >= 11 is 0. The van der Waals surface area contributed by atoms with E-state index in [1.54, 1.807) is 6.26 Å². The van der Waals surface area contributed by atoms with Gasteiger partial charge in [-0.05, 0) is 25.5 Å². The van der Waals surface area contributed by atoms with E-state index in [0.717, 1.165) is 31.6 Å². The van der Waals surface area contributed by atoms with E-state index in [-0.39, 0.29) is 0 Å². The molecule has 0 aliphatic rings. The first-order valence-corrected chi connectivity index (χ1v) is 5.02. The first kappa shape index (κ1) is 10.9. The van der Waals surface area contributed by atoms with E-state index in [9.17, 15) is 0 Å². The Bertz CT molecular complexity index is 271. The maximum atomic E-state index is 5.25. The lowest BCUT2D eigenvalue weighted by Gasteiger charge is -2.11. The van der Waals surface area contributed by atoms with Crippen LogP contribution in [-0.2, 0) is 6.42 Å². The van der Waals surface area contributed by atoms with Gasteiger partial charge in [-0.25, -0.2) is 0 Å². The van der Waals surface area contributed by atoms with Crippen molar-refractivity contribution in [3.63, 3.8) is 0 Å². The van der Waals surface area contributed by atoms with E-state index in [0.29, 0.717) is 6.04 Å². The molecule has 0 radical (unpaired) electrons. The second-order valence-electron chi connectivity index (χ2n) is 3.43. The Morgan fingerprint density at radius 2 is 2.50 bits per heavy atom. The van der Waals surface area contributed by atoms with Crippen LogP contribution in [0.1, 0.15) is 25.5 Å². The second kappa shape index (κ2) is 6.28. The molecule has 0 aliphatic heterocycles. The van der Waals surface area contributed by atoms with Crippen molar-refractivity contribution in [2.24, 2.45) is 0 Å². The maximum absolute atomic E-state index is 5.25. The van der Waals surface area contributed by atoms with Gasteiger partial charge in [-0.2, -0.15) is 0 Å². The van der Waals surface area contributed by atoms with Gasteiger partial charge in [0, 0.05) is 25.4 Å². The van der Waals surface area contributed by atoms with E-state index in [4.69, 9.17) is 10.8 Å². The fraction of sp³-hybridized carbons (Fsp3) is 0.500. The van der Waals surface area contributed by atoms with E-state index >= 15 is 0 Å². The van der Waals surface area contributed by atoms with Crippen molar-refractivity contribution in [3.05, 3.63) is 24.2 Å². The van der Waals surface area contributed by atoms with Gasteiger partial charge >= 0.3 is 0 Å². The molecular formula is C12H17NO. The molecule has 2 heteroatoms. The van der Waals surface area contributed by atoms with E-state index in [2.05, 4.69) is 18.2 Å². The highest BCUT2D eigenvalue weighted by molar-refractivity contribution is 4.98. The van der Waals surface area contributed by atoms with Crippen LogP contribution < -0.4 is 5.32 Å². The molecule has 1 aromatic rings. The largest absolute Gasteiger partial charge is 0.469 e. The van der Waals surface area contributed by atoms with Gasteiger partial charge in [-0.15, -0.1) is 12.3 Å². The van der Waals surface area contributed by atoms with Crippen molar-refractivity contribution in [2.45, 2.75) is 32.2 Å². The van der Waals surface area contributed by atoms with Crippen LogP contribution in [0.15, 0.2) is 22.8 Å². The van der Waals surface area contributed by atoms with Crippen LogP contribution in [0.2, 0.25) is 0 Å². The van der Waals surface area contributed by atoms with Crippen LogP contribution in [0.5, 0.6) is 0 Å². The van der Waals surface area contributed by atoms with Gasteiger partial charge in [0.05, 0.1) is 6.26 Å². The highest BCUT2D eigenvalue weighted by Gasteiger charge is 2.02. The molecule has 14 heavy (non-hydrogen) atoms. The molecule has 1 unspecified atom stereocenters. The zero-order valence-electron chi connectivity index (χ0n) is 8.62. The summed E-state index contributed by atoms with van der Waals surface area (Å²) in [6, 6.07) is 4.42. The Labute approximate surface area is 85.7 Å². The lowest BCUT2D eigenvalue weighted by atomic mass is 10.1. The Kier molecular flexibility index (Phi) is 4.88. The Balaban J connectivity index is 2.09. The van der Waals surface area contributed by atoms with Crippen molar-refractivity contribution >= 4 is 0 Å². The van der Waals surface area contributed by atoms with Crippen molar-refractivity contribution in [1.82, 2.24) is 5.32 Å². The third kappa shape index (κ3) is 4.15. The van der Waals surface area contributed by atoms with Crippen LogP contribution in [0.25, 0.3) is 0 Å². The molecular weight excluding hydrogens is 174 g/mol. The molecule has 2 nitrogen and oxygen atoms in total. The summed E-state index contributed by atoms with van der Waals surface area (Å²) in [6.07, 6.45) is 9.74. The van der Waals surface area contributed by atoms with Crippen LogP contribution in [0.4, 0.5) is 0 Å². The predicted molar refractivity (Wildman–Crippen MR) is 57.9 cm³/mol. The lowest BCUT2D eigenvalue weighted by Crippen LogP contribution is -2.27. The zero-order valence-corrected chi connectivity index (χ0v) is 8.62. The van der Waals surface area contributed by atoms with Crippen LogP contribution >= 0.6 is 0 Å².